The zero-order chi connectivity index (χ0) is 20.0. The molecule has 0 saturated carbocycles. The lowest BCUT2D eigenvalue weighted by molar-refractivity contribution is 0.0596. The van der Waals surface area contributed by atoms with Gasteiger partial charge in [-0.2, -0.15) is 0 Å². The monoisotopic (exact) mass is 367 g/mol. The Hall–Kier alpha value is -2.75. The number of ether oxygens (including phenoxy) is 2. The largest absolute Gasteiger partial charge is 0.497 e. The predicted octanol–water partition coefficient (Wildman–Crippen LogP) is 6.14. The standard InChI is InChI=1S/C23H29NO3/c1-17(18(2)19-10-8-7-9-11-19)16-24(22(25)27-23(3,4)5)20-12-14-21(26-6)15-13-20/h7-16,18H,1-6H3/b17-16-/t18-/m0/s1. The van der Waals surface area contributed by atoms with Crippen LogP contribution in [0.2, 0.25) is 0 Å². The summed E-state index contributed by atoms with van der Waals surface area (Å²) in [5.41, 5.74) is 2.41. The van der Waals surface area contributed by atoms with Gasteiger partial charge in [0.1, 0.15) is 11.4 Å². The summed E-state index contributed by atoms with van der Waals surface area (Å²) in [6, 6.07) is 17.6. The van der Waals surface area contributed by atoms with Gasteiger partial charge in [-0.25, -0.2) is 4.79 Å². The van der Waals surface area contributed by atoms with Gasteiger partial charge < -0.3 is 9.47 Å². The molecule has 0 spiro atoms. The summed E-state index contributed by atoms with van der Waals surface area (Å²) in [5, 5.41) is 0. The van der Waals surface area contributed by atoms with Crippen molar-refractivity contribution in [2.75, 3.05) is 12.0 Å². The maximum atomic E-state index is 12.8. The normalized spacial score (nSPS) is 13.0. The Morgan fingerprint density at radius 2 is 1.63 bits per heavy atom. The van der Waals surface area contributed by atoms with E-state index in [0.717, 1.165) is 17.0 Å². The summed E-state index contributed by atoms with van der Waals surface area (Å²) in [6.07, 6.45) is 1.44. The highest BCUT2D eigenvalue weighted by molar-refractivity contribution is 5.90. The van der Waals surface area contributed by atoms with Gasteiger partial charge in [-0.1, -0.05) is 37.3 Å². The lowest BCUT2D eigenvalue weighted by Gasteiger charge is -2.26. The Labute approximate surface area is 162 Å². The van der Waals surface area contributed by atoms with Crippen molar-refractivity contribution < 1.29 is 14.3 Å². The van der Waals surface area contributed by atoms with Crippen molar-refractivity contribution in [2.45, 2.75) is 46.1 Å². The number of benzene rings is 2. The molecule has 0 radical (unpaired) electrons. The van der Waals surface area contributed by atoms with Crippen LogP contribution in [0.15, 0.2) is 66.4 Å². The molecule has 0 saturated heterocycles. The summed E-state index contributed by atoms with van der Waals surface area (Å²) in [6.45, 7) is 9.74. The van der Waals surface area contributed by atoms with Crippen molar-refractivity contribution in [1.82, 2.24) is 0 Å². The van der Waals surface area contributed by atoms with Crippen LogP contribution in [0.5, 0.6) is 5.75 Å². The van der Waals surface area contributed by atoms with Gasteiger partial charge in [-0.05, 0) is 63.1 Å². The molecule has 0 aromatic heterocycles. The molecule has 0 heterocycles. The van der Waals surface area contributed by atoms with Crippen LogP contribution >= 0.6 is 0 Å². The van der Waals surface area contributed by atoms with Gasteiger partial charge in [0.2, 0.25) is 0 Å². The molecule has 2 aromatic carbocycles. The van der Waals surface area contributed by atoms with Gasteiger partial charge >= 0.3 is 6.09 Å². The third-order valence-corrected chi connectivity index (χ3v) is 4.26. The Balaban J connectivity index is 2.37. The molecule has 1 amide bonds. The van der Waals surface area contributed by atoms with E-state index in [9.17, 15) is 4.79 Å². The minimum atomic E-state index is -0.575. The molecule has 0 aliphatic heterocycles. The van der Waals surface area contributed by atoms with Crippen molar-refractivity contribution in [3.05, 3.63) is 71.9 Å². The molecule has 0 fully saturated rings. The minimum absolute atomic E-state index is 0.175. The van der Waals surface area contributed by atoms with Gasteiger partial charge in [0, 0.05) is 12.1 Å². The Morgan fingerprint density at radius 1 is 1.04 bits per heavy atom. The van der Waals surface area contributed by atoms with Gasteiger partial charge in [0.15, 0.2) is 0 Å². The molecule has 4 heteroatoms. The number of hydrogen-bond acceptors (Lipinski definition) is 3. The lowest BCUT2D eigenvalue weighted by atomic mass is 9.94. The van der Waals surface area contributed by atoms with Crippen molar-refractivity contribution in [2.24, 2.45) is 0 Å². The molecule has 0 aliphatic rings. The highest BCUT2D eigenvalue weighted by atomic mass is 16.6. The topological polar surface area (TPSA) is 38.8 Å². The third kappa shape index (κ3) is 5.88. The zero-order valence-corrected chi connectivity index (χ0v) is 17.0. The molecule has 0 N–H and O–H groups in total. The molecule has 4 nitrogen and oxygen atoms in total. The van der Waals surface area contributed by atoms with Crippen LogP contribution in [0, 0.1) is 0 Å². The van der Waals surface area contributed by atoms with E-state index in [-0.39, 0.29) is 5.92 Å². The first-order valence-corrected chi connectivity index (χ1v) is 9.11. The van der Waals surface area contributed by atoms with Crippen molar-refractivity contribution >= 4 is 11.8 Å². The number of carbonyl (C=O) groups excluding carboxylic acids is 1. The Bertz CT molecular complexity index is 774. The van der Waals surface area contributed by atoms with Crippen LogP contribution in [0.1, 0.15) is 46.1 Å². The predicted molar refractivity (Wildman–Crippen MR) is 110 cm³/mol. The molecule has 27 heavy (non-hydrogen) atoms. The van der Waals surface area contributed by atoms with Crippen LogP contribution in [-0.4, -0.2) is 18.8 Å². The number of nitrogens with zero attached hydrogens (tertiary/aromatic N) is 1. The molecular formula is C23H29NO3. The van der Waals surface area contributed by atoms with Crippen LogP contribution in [0.25, 0.3) is 0 Å². The first-order valence-electron chi connectivity index (χ1n) is 9.11. The van der Waals surface area contributed by atoms with E-state index in [4.69, 9.17) is 9.47 Å². The lowest BCUT2D eigenvalue weighted by Crippen LogP contribution is -2.34. The number of allylic oxidation sites excluding steroid dienone is 1. The highest BCUT2D eigenvalue weighted by Crippen LogP contribution is 2.27. The average Bonchev–Trinajstić information content (AvgIpc) is 2.64. The van der Waals surface area contributed by atoms with E-state index in [1.54, 1.807) is 12.0 Å². The van der Waals surface area contributed by atoms with Crippen LogP contribution < -0.4 is 9.64 Å². The second kappa shape index (κ2) is 8.76. The summed E-state index contributed by atoms with van der Waals surface area (Å²) in [5.74, 6) is 0.913. The fourth-order valence-corrected chi connectivity index (χ4v) is 2.61. The molecule has 144 valence electrons. The second-order valence-corrected chi connectivity index (χ2v) is 7.55. The van der Waals surface area contributed by atoms with E-state index in [1.807, 2.05) is 76.4 Å². The number of methoxy groups -OCH3 is 1. The fourth-order valence-electron chi connectivity index (χ4n) is 2.61. The summed E-state index contributed by atoms with van der Waals surface area (Å²) in [4.78, 5) is 14.4. The molecule has 2 aromatic rings. The quantitative estimate of drug-likeness (QED) is 0.637. The number of carbonyl (C=O) groups is 1. The van der Waals surface area contributed by atoms with E-state index in [2.05, 4.69) is 19.1 Å². The maximum Gasteiger partial charge on any atom is 0.418 e. The molecule has 1 atom stereocenters. The number of amides is 1. The maximum absolute atomic E-state index is 12.8. The van der Waals surface area contributed by atoms with Gasteiger partial charge in [0.05, 0.1) is 12.8 Å². The molecule has 0 bridgehead atoms. The van der Waals surface area contributed by atoms with Crippen LogP contribution in [-0.2, 0) is 4.74 Å². The second-order valence-electron chi connectivity index (χ2n) is 7.55. The first-order chi connectivity index (χ1) is 12.7. The van der Waals surface area contributed by atoms with Gasteiger partial charge in [-0.3, -0.25) is 4.90 Å². The van der Waals surface area contributed by atoms with E-state index in [1.165, 1.54) is 5.56 Å². The van der Waals surface area contributed by atoms with E-state index in [0.29, 0.717) is 0 Å². The Kier molecular flexibility index (Phi) is 6.67. The van der Waals surface area contributed by atoms with Crippen molar-refractivity contribution in [3.63, 3.8) is 0 Å². The highest BCUT2D eigenvalue weighted by Gasteiger charge is 2.23. The minimum Gasteiger partial charge on any atom is -0.497 e. The number of anilines is 1. The first kappa shape index (κ1) is 20.6. The zero-order valence-electron chi connectivity index (χ0n) is 17.0. The Morgan fingerprint density at radius 3 is 2.15 bits per heavy atom. The van der Waals surface area contributed by atoms with Crippen LogP contribution in [0.3, 0.4) is 0 Å². The summed E-state index contributed by atoms with van der Waals surface area (Å²) in [7, 11) is 1.62. The van der Waals surface area contributed by atoms with Gasteiger partial charge in [0.25, 0.3) is 0 Å². The number of rotatable bonds is 5. The fraction of sp³-hybridized carbons (Fsp3) is 0.348. The molecule has 2 rings (SSSR count). The SMILES string of the molecule is COc1ccc(N(/C=C(/C)[C@H](C)c2ccccc2)C(=O)OC(C)(C)C)cc1. The third-order valence-electron chi connectivity index (χ3n) is 4.26. The summed E-state index contributed by atoms with van der Waals surface area (Å²) >= 11 is 0. The van der Waals surface area contributed by atoms with Crippen molar-refractivity contribution in [3.8, 4) is 5.75 Å². The molecule has 0 unspecified atom stereocenters. The van der Waals surface area contributed by atoms with Crippen molar-refractivity contribution in [1.29, 1.82) is 0 Å². The van der Waals surface area contributed by atoms with Crippen LogP contribution in [0.4, 0.5) is 10.5 Å². The molecule has 0 aliphatic carbocycles. The number of hydrogen-bond donors (Lipinski definition) is 0. The summed E-state index contributed by atoms with van der Waals surface area (Å²) < 4.78 is 10.8. The van der Waals surface area contributed by atoms with Gasteiger partial charge in [-0.15, -0.1) is 0 Å². The average molecular weight is 367 g/mol. The van der Waals surface area contributed by atoms with E-state index >= 15 is 0 Å². The van der Waals surface area contributed by atoms with E-state index < -0.39 is 11.7 Å². The molecular weight excluding hydrogens is 338 g/mol. The smallest absolute Gasteiger partial charge is 0.418 e.